The second kappa shape index (κ2) is 12.5. The van der Waals surface area contributed by atoms with Crippen LogP contribution >= 0.6 is 22.7 Å². The van der Waals surface area contributed by atoms with Gasteiger partial charge in [0.2, 0.25) is 0 Å². The van der Waals surface area contributed by atoms with Crippen molar-refractivity contribution in [3.8, 4) is 45.4 Å². The number of hydrogen-bond acceptors (Lipinski definition) is 10. The largest absolute Gasteiger partial charge is 0.429 e. The summed E-state index contributed by atoms with van der Waals surface area (Å²) in [4.78, 5) is 38.1. The molecule has 10 heteroatoms. The molecule has 0 bridgehead atoms. The predicted octanol–water partition coefficient (Wildman–Crippen LogP) is 8.69. The van der Waals surface area contributed by atoms with E-state index in [9.17, 15) is 9.59 Å². The maximum absolute atomic E-state index is 11.2. The molecule has 0 unspecified atom stereocenters. The molecule has 218 valence electrons. The molecule has 0 saturated heterocycles. The Morgan fingerprint density at radius 1 is 0.600 bits per heavy atom. The quantitative estimate of drug-likeness (QED) is 0.139. The van der Waals surface area contributed by atoms with Gasteiger partial charge < -0.3 is 14.4 Å². The van der Waals surface area contributed by atoms with Crippen LogP contribution in [0, 0.1) is 0 Å². The first-order chi connectivity index (χ1) is 22.2. The Labute approximate surface area is 265 Å². The number of thiophene rings is 2. The van der Waals surface area contributed by atoms with Crippen LogP contribution in [0.5, 0.6) is 11.5 Å². The van der Waals surface area contributed by atoms with Crippen LogP contribution in [-0.2, 0) is 9.59 Å². The number of rotatable bonds is 10. The lowest BCUT2D eigenvalue weighted by atomic mass is 10.1. The van der Waals surface area contributed by atoms with E-state index in [1.54, 1.807) is 53.1 Å². The minimum atomic E-state index is 0.281. The predicted molar refractivity (Wildman–Crippen MR) is 177 cm³/mol. The van der Waals surface area contributed by atoms with E-state index in [0.717, 1.165) is 28.2 Å². The van der Waals surface area contributed by atoms with Crippen molar-refractivity contribution in [2.75, 3.05) is 4.90 Å². The molecule has 0 aliphatic carbocycles. The molecule has 0 spiro atoms. The lowest BCUT2D eigenvalue weighted by Gasteiger charge is -2.24. The molecule has 0 N–H and O–H groups in total. The zero-order valence-electron chi connectivity index (χ0n) is 23.4. The Bertz CT molecular complexity index is 2090. The zero-order valence-corrected chi connectivity index (χ0v) is 25.1. The molecule has 0 fully saturated rings. The van der Waals surface area contributed by atoms with E-state index in [4.69, 9.17) is 14.5 Å². The fourth-order valence-corrected chi connectivity index (χ4v) is 7.44. The van der Waals surface area contributed by atoms with Crippen LogP contribution in [0.15, 0.2) is 120 Å². The van der Waals surface area contributed by atoms with Crippen molar-refractivity contribution in [1.82, 2.24) is 15.0 Å². The first kappa shape index (κ1) is 28.1. The average Bonchev–Trinajstić information content (AvgIpc) is 3.70. The summed E-state index contributed by atoms with van der Waals surface area (Å²) >= 11 is 3.41. The van der Waals surface area contributed by atoms with Crippen LogP contribution in [-0.4, -0.2) is 27.9 Å². The van der Waals surface area contributed by atoms with E-state index in [1.165, 1.54) is 15.6 Å². The van der Waals surface area contributed by atoms with Gasteiger partial charge in [0.1, 0.15) is 11.5 Å². The highest BCUT2D eigenvalue weighted by Gasteiger charge is 2.20. The second-order valence-corrected chi connectivity index (χ2v) is 11.5. The first-order valence-electron chi connectivity index (χ1n) is 13.8. The number of ether oxygens (including phenoxy) is 2. The smallest absolute Gasteiger partial charge is 0.298 e. The second-order valence-electron chi connectivity index (χ2n) is 9.74. The Hall–Kier alpha value is -5.71. The molecule has 8 nitrogen and oxygen atoms in total. The third-order valence-corrected chi connectivity index (χ3v) is 9.16. The topological polar surface area (TPSA) is 94.5 Å². The summed E-state index contributed by atoms with van der Waals surface area (Å²) < 4.78 is 12.5. The van der Waals surface area contributed by atoms with Crippen LogP contribution in [0.25, 0.3) is 43.3 Å². The Kier molecular flexibility index (Phi) is 7.79. The van der Waals surface area contributed by atoms with E-state index >= 15 is 0 Å². The minimum absolute atomic E-state index is 0.281. The molecule has 7 aromatic rings. The molecular formula is C35H22N4O4S2. The number of hydrogen-bond donors (Lipinski definition) is 0. The number of carbonyl (C=O) groups is 2. The van der Waals surface area contributed by atoms with Gasteiger partial charge >= 0.3 is 0 Å². The lowest BCUT2D eigenvalue weighted by molar-refractivity contribution is -0.121. The number of anilines is 3. The summed E-state index contributed by atoms with van der Waals surface area (Å²) in [5.74, 6) is 0.596. The van der Waals surface area contributed by atoms with E-state index in [0.29, 0.717) is 41.5 Å². The maximum atomic E-state index is 11.2. The third-order valence-electron chi connectivity index (χ3n) is 7.03. The van der Waals surface area contributed by atoms with Crippen LogP contribution in [0.1, 0.15) is 0 Å². The van der Waals surface area contributed by atoms with Gasteiger partial charge in [0.15, 0.2) is 0 Å². The summed E-state index contributed by atoms with van der Waals surface area (Å²) in [7, 11) is 0. The highest BCUT2D eigenvalue weighted by atomic mass is 32.1. The van der Waals surface area contributed by atoms with Crippen LogP contribution < -0.4 is 14.4 Å². The molecule has 7 rings (SSSR count). The van der Waals surface area contributed by atoms with Gasteiger partial charge in [-0.3, -0.25) is 19.6 Å². The van der Waals surface area contributed by atoms with Gasteiger partial charge in [0.25, 0.3) is 12.9 Å². The molecule has 0 aliphatic rings. The fourth-order valence-electron chi connectivity index (χ4n) is 5.05. The van der Waals surface area contributed by atoms with Gasteiger partial charge in [-0.15, -0.1) is 22.7 Å². The van der Waals surface area contributed by atoms with Gasteiger partial charge in [-0.05, 0) is 48.0 Å². The van der Waals surface area contributed by atoms with E-state index in [1.807, 2.05) is 48.5 Å². The summed E-state index contributed by atoms with van der Waals surface area (Å²) in [6.07, 6.45) is 3.25. The van der Waals surface area contributed by atoms with Crippen molar-refractivity contribution < 1.29 is 19.1 Å². The zero-order chi connectivity index (χ0) is 30.6. The molecule has 45 heavy (non-hydrogen) atoms. The molecular weight excluding hydrogens is 605 g/mol. The number of aromatic nitrogens is 3. The van der Waals surface area contributed by atoms with E-state index in [-0.39, 0.29) is 5.75 Å². The standard InChI is InChI=1S/C35H22N4O4S2/c40-21-42-26-12-14-37-30(16-26)32-18-27(43-22-41)17-31(38-32)29-15-23(11-13-36-29)28-19-44-35-33(20-45-34(28)35)39(24-7-3-1-4-8-24)25-9-5-2-6-10-25/h1-22H. The molecule has 0 saturated carbocycles. The van der Waals surface area contributed by atoms with Crippen molar-refractivity contribution in [3.05, 3.63) is 120 Å². The van der Waals surface area contributed by atoms with Crippen LogP contribution in [0.2, 0.25) is 0 Å². The van der Waals surface area contributed by atoms with Crippen molar-refractivity contribution in [1.29, 1.82) is 0 Å². The monoisotopic (exact) mass is 626 g/mol. The van der Waals surface area contributed by atoms with Gasteiger partial charge in [-0.1, -0.05) is 36.4 Å². The highest BCUT2D eigenvalue weighted by molar-refractivity contribution is 7.28. The third kappa shape index (κ3) is 5.67. The van der Waals surface area contributed by atoms with Gasteiger partial charge in [-0.25, -0.2) is 4.98 Å². The number of carbonyl (C=O) groups excluding carboxylic acids is 2. The van der Waals surface area contributed by atoms with Crippen molar-refractivity contribution in [3.63, 3.8) is 0 Å². The van der Waals surface area contributed by atoms with Crippen molar-refractivity contribution in [2.24, 2.45) is 0 Å². The average molecular weight is 627 g/mol. The molecule has 0 atom stereocenters. The van der Waals surface area contributed by atoms with Gasteiger partial charge in [0, 0.05) is 58.3 Å². The Balaban J connectivity index is 1.29. The SMILES string of the molecule is O=COc1ccnc(-c2cc(OC=O)cc(-c3cc(-c4csc5c(N(c6ccccc6)c6ccccc6)csc45)ccn3)n2)c1. The van der Waals surface area contributed by atoms with Crippen LogP contribution in [0.3, 0.4) is 0 Å². The van der Waals surface area contributed by atoms with E-state index in [2.05, 4.69) is 49.9 Å². The Morgan fingerprint density at radius 3 is 1.84 bits per heavy atom. The van der Waals surface area contributed by atoms with Gasteiger partial charge in [0.05, 0.1) is 37.9 Å². The summed E-state index contributed by atoms with van der Waals surface area (Å²) in [6.45, 7) is 0.703. The van der Waals surface area contributed by atoms with E-state index < -0.39 is 0 Å². The maximum Gasteiger partial charge on any atom is 0.298 e. The first-order valence-corrected chi connectivity index (χ1v) is 15.5. The number of pyridine rings is 3. The van der Waals surface area contributed by atoms with Crippen molar-refractivity contribution >= 4 is 62.1 Å². The lowest BCUT2D eigenvalue weighted by Crippen LogP contribution is -2.08. The molecule has 5 aromatic heterocycles. The molecule has 0 aliphatic heterocycles. The summed E-state index contributed by atoms with van der Waals surface area (Å²) in [5.41, 5.74) is 7.32. The number of nitrogens with zero attached hydrogens (tertiary/aromatic N) is 4. The minimum Gasteiger partial charge on any atom is -0.429 e. The summed E-state index contributed by atoms with van der Waals surface area (Å²) in [5, 5.41) is 4.38. The van der Waals surface area contributed by atoms with Gasteiger partial charge in [-0.2, -0.15) is 0 Å². The fraction of sp³-hybridized carbons (Fsp3) is 0. The van der Waals surface area contributed by atoms with Crippen LogP contribution in [0.4, 0.5) is 17.1 Å². The number of benzene rings is 2. The van der Waals surface area contributed by atoms with Crippen molar-refractivity contribution in [2.45, 2.75) is 0 Å². The highest BCUT2D eigenvalue weighted by Crippen LogP contribution is 2.48. The molecule has 0 radical (unpaired) electrons. The molecule has 2 aromatic carbocycles. The molecule has 0 amide bonds. The Morgan fingerprint density at radius 2 is 1.18 bits per heavy atom. The summed E-state index contributed by atoms with van der Waals surface area (Å²) in [6, 6.07) is 31.0. The number of fused-ring (bicyclic) bond motifs is 1. The number of para-hydroxylation sites is 2. The molecule has 5 heterocycles. The normalized spacial score (nSPS) is 10.8.